The van der Waals surface area contributed by atoms with Gasteiger partial charge in [-0.2, -0.15) is 5.10 Å². The fourth-order valence-electron chi connectivity index (χ4n) is 2.38. The van der Waals surface area contributed by atoms with Gasteiger partial charge in [-0.3, -0.25) is 14.7 Å². The summed E-state index contributed by atoms with van der Waals surface area (Å²) in [7, 11) is 0. The maximum atomic E-state index is 12.1. The lowest BCUT2D eigenvalue weighted by molar-refractivity contribution is -0.119. The molecular formula is C15H16N4O2. The number of carbonyl (C=O) groups is 2. The molecule has 1 aliphatic heterocycles. The number of amides is 2. The van der Waals surface area contributed by atoms with E-state index in [1.807, 2.05) is 26.8 Å². The summed E-state index contributed by atoms with van der Waals surface area (Å²) in [6.07, 6.45) is 0. The van der Waals surface area contributed by atoms with Crippen LogP contribution in [0.2, 0.25) is 0 Å². The van der Waals surface area contributed by atoms with Crippen molar-refractivity contribution in [1.29, 1.82) is 0 Å². The van der Waals surface area contributed by atoms with Crippen molar-refractivity contribution in [2.24, 2.45) is 0 Å². The number of aryl methyl sites for hydroxylation is 1. The number of hydrogen-bond donors (Lipinski definition) is 3. The van der Waals surface area contributed by atoms with Gasteiger partial charge in [-0.05, 0) is 50.6 Å². The fraction of sp³-hybridized carbons (Fsp3) is 0.267. The molecule has 0 spiro atoms. The van der Waals surface area contributed by atoms with Gasteiger partial charge in [-0.25, -0.2) is 0 Å². The molecule has 0 saturated heterocycles. The molecule has 3 rings (SSSR count). The number of hydrogen-bond acceptors (Lipinski definition) is 3. The Labute approximate surface area is 121 Å². The lowest BCUT2D eigenvalue weighted by atomic mass is 9.86. The predicted octanol–water partition coefficient (Wildman–Crippen LogP) is 2.20. The second-order valence-electron chi connectivity index (χ2n) is 5.73. The first-order valence-electron chi connectivity index (χ1n) is 6.67. The maximum Gasteiger partial charge on any atom is 0.276 e. The van der Waals surface area contributed by atoms with Crippen molar-refractivity contribution in [2.75, 3.05) is 10.6 Å². The van der Waals surface area contributed by atoms with E-state index in [-0.39, 0.29) is 11.8 Å². The minimum Gasteiger partial charge on any atom is -0.325 e. The topological polar surface area (TPSA) is 86.9 Å². The Hall–Kier alpha value is -2.63. The van der Waals surface area contributed by atoms with Gasteiger partial charge < -0.3 is 10.6 Å². The van der Waals surface area contributed by atoms with E-state index in [0.29, 0.717) is 11.4 Å². The molecule has 2 aromatic rings. The van der Waals surface area contributed by atoms with Crippen LogP contribution in [0.3, 0.4) is 0 Å². The van der Waals surface area contributed by atoms with Gasteiger partial charge in [-0.15, -0.1) is 0 Å². The molecule has 2 heterocycles. The highest BCUT2D eigenvalue weighted by atomic mass is 16.2. The molecule has 0 radical (unpaired) electrons. The number of nitrogens with zero attached hydrogens (tertiary/aromatic N) is 1. The summed E-state index contributed by atoms with van der Waals surface area (Å²) in [5.74, 6) is -0.321. The third-order valence-electron chi connectivity index (χ3n) is 3.71. The number of nitrogens with one attached hydrogen (secondary N) is 3. The average molecular weight is 284 g/mol. The predicted molar refractivity (Wildman–Crippen MR) is 79.4 cm³/mol. The summed E-state index contributed by atoms with van der Waals surface area (Å²) >= 11 is 0. The Morgan fingerprint density at radius 3 is 2.71 bits per heavy atom. The minimum atomic E-state index is -0.598. The normalized spacial score (nSPS) is 15.5. The van der Waals surface area contributed by atoms with Crippen LogP contribution in [0, 0.1) is 6.92 Å². The number of H-pyrrole nitrogens is 1. The minimum absolute atomic E-state index is 0.0381. The number of rotatable bonds is 2. The molecule has 108 valence electrons. The summed E-state index contributed by atoms with van der Waals surface area (Å²) in [6, 6.07) is 7.06. The summed E-state index contributed by atoms with van der Waals surface area (Å²) < 4.78 is 0. The van der Waals surface area contributed by atoms with Crippen molar-refractivity contribution in [2.45, 2.75) is 26.2 Å². The van der Waals surface area contributed by atoms with Crippen LogP contribution in [0.25, 0.3) is 0 Å². The van der Waals surface area contributed by atoms with Crippen LogP contribution in [-0.4, -0.2) is 22.0 Å². The number of anilines is 2. The number of benzene rings is 1. The first kappa shape index (κ1) is 13.4. The Bertz CT molecular complexity index is 746. The standard InChI is InChI=1S/C15H16N4O2/c1-8-6-12(19-18-8)13(20)16-9-4-5-11-10(7-9)15(2,3)14(21)17-11/h4-7H,1-3H3,(H,16,20)(H,17,21)(H,18,19). The van der Waals surface area contributed by atoms with E-state index in [1.165, 1.54) is 0 Å². The van der Waals surface area contributed by atoms with Crippen LogP contribution >= 0.6 is 0 Å². The average Bonchev–Trinajstić information content (AvgIpc) is 2.94. The molecule has 21 heavy (non-hydrogen) atoms. The van der Waals surface area contributed by atoms with Gasteiger partial charge in [0.2, 0.25) is 5.91 Å². The van der Waals surface area contributed by atoms with E-state index in [4.69, 9.17) is 0 Å². The summed E-state index contributed by atoms with van der Waals surface area (Å²) in [5.41, 5.74) is 2.87. The molecule has 3 N–H and O–H groups in total. The fourth-order valence-corrected chi connectivity index (χ4v) is 2.38. The lowest BCUT2D eigenvalue weighted by Gasteiger charge is -2.15. The van der Waals surface area contributed by atoms with Gasteiger partial charge in [0, 0.05) is 17.1 Å². The Balaban J connectivity index is 1.87. The van der Waals surface area contributed by atoms with E-state index >= 15 is 0 Å². The molecule has 1 aromatic heterocycles. The van der Waals surface area contributed by atoms with Crippen molar-refractivity contribution in [1.82, 2.24) is 10.2 Å². The van der Waals surface area contributed by atoms with E-state index in [9.17, 15) is 9.59 Å². The van der Waals surface area contributed by atoms with E-state index in [2.05, 4.69) is 20.8 Å². The second-order valence-corrected chi connectivity index (χ2v) is 5.73. The highest BCUT2D eigenvalue weighted by Crippen LogP contribution is 2.38. The quantitative estimate of drug-likeness (QED) is 0.790. The molecule has 1 aromatic carbocycles. The molecule has 0 aliphatic carbocycles. The SMILES string of the molecule is Cc1cc(C(=O)Nc2ccc3c(c2)C(C)(C)C(=O)N3)n[nH]1. The van der Waals surface area contributed by atoms with Gasteiger partial charge in [0.05, 0.1) is 5.41 Å². The van der Waals surface area contributed by atoms with Crippen molar-refractivity contribution in [3.8, 4) is 0 Å². The highest BCUT2D eigenvalue weighted by Gasteiger charge is 2.38. The van der Waals surface area contributed by atoms with Crippen LogP contribution in [0.1, 0.15) is 35.6 Å². The first-order chi connectivity index (χ1) is 9.88. The number of fused-ring (bicyclic) bond motifs is 1. The Morgan fingerprint density at radius 1 is 1.29 bits per heavy atom. The Kier molecular flexibility index (Phi) is 2.83. The number of aromatic nitrogens is 2. The van der Waals surface area contributed by atoms with E-state index in [1.54, 1.807) is 18.2 Å². The van der Waals surface area contributed by atoms with Crippen LogP contribution in [-0.2, 0) is 10.2 Å². The summed E-state index contributed by atoms with van der Waals surface area (Å²) in [4.78, 5) is 24.0. The van der Waals surface area contributed by atoms with E-state index in [0.717, 1.165) is 16.9 Å². The van der Waals surface area contributed by atoms with E-state index < -0.39 is 5.41 Å². The molecule has 1 aliphatic rings. The maximum absolute atomic E-state index is 12.1. The molecular weight excluding hydrogens is 268 g/mol. The van der Waals surface area contributed by atoms with Crippen LogP contribution in [0.4, 0.5) is 11.4 Å². The van der Waals surface area contributed by atoms with Gasteiger partial charge in [-0.1, -0.05) is 0 Å². The smallest absolute Gasteiger partial charge is 0.276 e. The molecule has 0 bridgehead atoms. The highest BCUT2D eigenvalue weighted by molar-refractivity contribution is 6.07. The largest absolute Gasteiger partial charge is 0.325 e. The molecule has 0 atom stereocenters. The summed E-state index contributed by atoms with van der Waals surface area (Å²) in [5, 5.41) is 12.3. The van der Waals surface area contributed by atoms with Crippen LogP contribution < -0.4 is 10.6 Å². The molecule has 2 amide bonds. The summed E-state index contributed by atoms with van der Waals surface area (Å²) in [6.45, 7) is 5.55. The van der Waals surface area contributed by atoms with Crippen molar-refractivity contribution in [3.05, 3.63) is 41.2 Å². The molecule has 0 saturated carbocycles. The third-order valence-corrected chi connectivity index (χ3v) is 3.71. The second kappa shape index (κ2) is 4.44. The molecule has 0 unspecified atom stereocenters. The van der Waals surface area contributed by atoms with Gasteiger partial charge in [0.25, 0.3) is 5.91 Å². The number of carbonyl (C=O) groups excluding carboxylic acids is 2. The molecule has 6 nitrogen and oxygen atoms in total. The number of aromatic amines is 1. The zero-order valence-corrected chi connectivity index (χ0v) is 12.1. The Morgan fingerprint density at radius 2 is 2.05 bits per heavy atom. The van der Waals surface area contributed by atoms with Gasteiger partial charge in [0.1, 0.15) is 0 Å². The third kappa shape index (κ3) is 2.18. The molecule has 6 heteroatoms. The van der Waals surface area contributed by atoms with Gasteiger partial charge in [0.15, 0.2) is 5.69 Å². The lowest BCUT2D eigenvalue weighted by Crippen LogP contribution is -2.26. The first-order valence-corrected chi connectivity index (χ1v) is 6.67. The van der Waals surface area contributed by atoms with Gasteiger partial charge >= 0.3 is 0 Å². The van der Waals surface area contributed by atoms with Crippen molar-refractivity contribution < 1.29 is 9.59 Å². The molecule has 0 fully saturated rings. The van der Waals surface area contributed by atoms with Crippen molar-refractivity contribution in [3.63, 3.8) is 0 Å². The zero-order chi connectivity index (χ0) is 15.2. The van der Waals surface area contributed by atoms with Crippen LogP contribution in [0.5, 0.6) is 0 Å². The van der Waals surface area contributed by atoms with Crippen LogP contribution in [0.15, 0.2) is 24.3 Å². The van der Waals surface area contributed by atoms with Crippen molar-refractivity contribution >= 4 is 23.2 Å². The zero-order valence-electron chi connectivity index (χ0n) is 12.1. The monoisotopic (exact) mass is 284 g/mol.